The van der Waals surface area contributed by atoms with Gasteiger partial charge in [0.1, 0.15) is 0 Å². The zero-order chi connectivity index (χ0) is 9.76. The van der Waals surface area contributed by atoms with E-state index >= 15 is 0 Å². The van der Waals surface area contributed by atoms with Gasteiger partial charge in [-0.1, -0.05) is 29.8 Å². The quantitative estimate of drug-likeness (QED) is 0.793. The highest BCUT2D eigenvalue weighted by Gasteiger charge is 2.61. The van der Waals surface area contributed by atoms with E-state index in [4.69, 9.17) is 17.3 Å². The van der Waals surface area contributed by atoms with Crippen LogP contribution in [0.4, 0.5) is 0 Å². The Balaban J connectivity index is 2.05. The molecule has 0 bridgehead atoms. The number of benzene rings is 1. The fourth-order valence-corrected chi connectivity index (χ4v) is 3.05. The fraction of sp³-hybridized carbons (Fsp3) is 0.500. The van der Waals surface area contributed by atoms with Gasteiger partial charge in [-0.3, -0.25) is 0 Å². The first-order valence-electron chi connectivity index (χ1n) is 5.26. The van der Waals surface area contributed by atoms with Crippen LogP contribution >= 0.6 is 11.6 Å². The van der Waals surface area contributed by atoms with Crippen molar-refractivity contribution in [2.24, 2.45) is 11.7 Å². The van der Waals surface area contributed by atoms with Gasteiger partial charge in [-0.15, -0.1) is 0 Å². The van der Waals surface area contributed by atoms with Gasteiger partial charge in [-0.2, -0.15) is 0 Å². The number of nitrogens with two attached hydrogens (primary N) is 1. The van der Waals surface area contributed by atoms with Gasteiger partial charge in [0.05, 0.1) is 0 Å². The average molecular weight is 208 g/mol. The van der Waals surface area contributed by atoms with Crippen LogP contribution in [0, 0.1) is 5.92 Å². The van der Waals surface area contributed by atoms with E-state index in [1.165, 1.54) is 18.4 Å². The summed E-state index contributed by atoms with van der Waals surface area (Å²) in [5.74, 6) is 0.803. The molecule has 0 aliphatic heterocycles. The Bertz CT molecular complexity index is 372. The number of halogens is 1. The van der Waals surface area contributed by atoms with Gasteiger partial charge in [0.25, 0.3) is 0 Å². The van der Waals surface area contributed by atoms with Crippen molar-refractivity contribution >= 4 is 11.6 Å². The summed E-state index contributed by atoms with van der Waals surface area (Å²) in [6.07, 6.45) is 3.79. The van der Waals surface area contributed by atoms with Crippen LogP contribution in [0.1, 0.15) is 24.8 Å². The molecule has 0 amide bonds. The maximum absolute atomic E-state index is 6.23. The predicted octanol–water partition coefficient (Wildman–Crippen LogP) is 2.72. The number of hydrogen-bond acceptors (Lipinski definition) is 1. The van der Waals surface area contributed by atoms with E-state index in [0.29, 0.717) is 6.04 Å². The monoisotopic (exact) mass is 207 g/mol. The van der Waals surface area contributed by atoms with Crippen LogP contribution in [-0.2, 0) is 5.41 Å². The summed E-state index contributed by atoms with van der Waals surface area (Å²) >= 11 is 6.23. The second kappa shape index (κ2) is 2.74. The molecular weight excluding hydrogens is 194 g/mol. The van der Waals surface area contributed by atoms with Crippen molar-refractivity contribution in [3.05, 3.63) is 34.9 Å². The Morgan fingerprint density at radius 1 is 1.29 bits per heavy atom. The Labute approximate surface area is 89.3 Å². The third-order valence-corrected chi connectivity index (χ3v) is 4.07. The molecule has 1 aromatic rings. The molecule has 1 unspecified atom stereocenters. The minimum Gasteiger partial charge on any atom is -0.327 e. The molecule has 2 aliphatic rings. The van der Waals surface area contributed by atoms with E-state index in [9.17, 15) is 0 Å². The molecule has 2 fully saturated rings. The largest absolute Gasteiger partial charge is 0.327 e. The van der Waals surface area contributed by atoms with Crippen LogP contribution in [0.5, 0.6) is 0 Å². The molecule has 2 atom stereocenters. The van der Waals surface area contributed by atoms with Crippen LogP contribution in [-0.4, -0.2) is 6.04 Å². The normalized spacial score (nSPS) is 35.7. The van der Waals surface area contributed by atoms with Crippen LogP contribution in [0.2, 0.25) is 5.02 Å². The highest BCUT2D eigenvalue weighted by atomic mass is 35.5. The van der Waals surface area contributed by atoms with Gasteiger partial charge in [-0.25, -0.2) is 0 Å². The third-order valence-electron chi connectivity index (χ3n) is 3.74. The third kappa shape index (κ3) is 1.06. The van der Waals surface area contributed by atoms with E-state index in [-0.39, 0.29) is 5.41 Å². The molecule has 74 valence electrons. The highest BCUT2D eigenvalue weighted by molar-refractivity contribution is 6.31. The van der Waals surface area contributed by atoms with Crippen molar-refractivity contribution in [2.45, 2.75) is 30.7 Å². The minimum absolute atomic E-state index is 0.248. The standard InChI is InChI=1S/C12H14ClN/c13-10-4-2-1-3-9(10)12(7-11(12)14)8-5-6-8/h1-4,8,11H,5-7,14H2/t11-,12?/m1/s1. The van der Waals surface area contributed by atoms with Crippen LogP contribution < -0.4 is 5.73 Å². The molecule has 3 rings (SSSR count). The van der Waals surface area contributed by atoms with Crippen molar-refractivity contribution in [2.75, 3.05) is 0 Å². The summed E-state index contributed by atoms with van der Waals surface area (Å²) in [7, 11) is 0. The zero-order valence-corrected chi connectivity index (χ0v) is 8.80. The summed E-state index contributed by atoms with van der Waals surface area (Å²) in [5, 5.41) is 0.896. The molecule has 2 heteroatoms. The lowest BCUT2D eigenvalue weighted by Crippen LogP contribution is -2.21. The van der Waals surface area contributed by atoms with Crippen molar-refractivity contribution in [1.29, 1.82) is 0 Å². The summed E-state index contributed by atoms with van der Waals surface area (Å²) in [6.45, 7) is 0. The minimum atomic E-state index is 0.248. The first-order chi connectivity index (χ1) is 6.75. The summed E-state index contributed by atoms with van der Waals surface area (Å²) in [4.78, 5) is 0. The molecule has 0 aromatic heterocycles. The van der Waals surface area contributed by atoms with E-state index < -0.39 is 0 Å². The van der Waals surface area contributed by atoms with Crippen molar-refractivity contribution < 1.29 is 0 Å². The fourth-order valence-electron chi connectivity index (χ4n) is 2.74. The van der Waals surface area contributed by atoms with E-state index in [1.807, 2.05) is 12.1 Å². The Kier molecular flexibility index (Phi) is 1.71. The molecule has 0 spiro atoms. The summed E-state index contributed by atoms with van der Waals surface area (Å²) in [5.41, 5.74) is 7.62. The maximum atomic E-state index is 6.23. The lowest BCUT2D eigenvalue weighted by Gasteiger charge is -2.17. The van der Waals surface area contributed by atoms with Crippen LogP contribution in [0.25, 0.3) is 0 Å². The average Bonchev–Trinajstić information content (AvgIpc) is 3.01. The van der Waals surface area contributed by atoms with Crippen molar-refractivity contribution in [1.82, 2.24) is 0 Å². The molecule has 2 saturated carbocycles. The second-order valence-electron chi connectivity index (χ2n) is 4.61. The molecular formula is C12H14ClN. The Hall–Kier alpha value is -0.530. The lowest BCUT2D eigenvalue weighted by molar-refractivity contribution is 0.573. The molecule has 1 nitrogen and oxygen atoms in total. The van der Waals surface area contributed by atoms with Gasteiger partial charge in [0.15, 0.2) is 0 Å². The molecule has 0 heterocycles. The second-order valence-corrected chi connectivity index (χ2v) is 5.01. The van der Waals surface area contributed by atoms with Gasteiger partial charge < -0.3 is 5.73 Å². The van der Waals surface area contributed by atoms with E-state index in [0.717, 1.165) is 17.4 Å². The first-order valence-corrected chi connectivity index (χ1v) is 5.63. The zero-order valence-electron chi connectivity index (χ0n) is 8.04. The van der Waals surface area contributed by atoms with E-state index in [1.54, 1.807) is 0 Å². The van der Waals surface area contributed by atoms with Crippen molar-refractivity contribution in [3.8, 4) is 0 Å². The lowest BCUT2D eigenvalue weighted by atomic mass is 9.90. The van der Waals surface area contributed by atoms with Gasteiger partial charge in [0.2, 0.25) is 0 Å². The molecule has 1 aromatic carbocycles. The van der Waals surface area contributed by atoms with Crippen LogP contribution in [0.3, 0.4) is 0 Å². The SMILES string of the molecule is N[C@@H]1CC1(c1ccccc1Cl)C1CC1. The van der Waals surface area contributed by atoms with Gasteiger partial charge >= 0.3 is 0 Å². The molecule has 2 N–H and O–H groups in total. The summed E-state index contributed by atoms with van der Waals surface area (Å²) in [6, 6.07) is 8.52. The van der Waals surface area contributed by atoms with E-state index in [2.05, 4.69) is 12.1 Å². The number of hydrogen-bond donors (Lipinski definition) is 1. The molecule has 14 heavy (non-hydrogen) atoms. The smallest absolute Gasteiger partial charge is 0.0444 e. The Morgan fingerprint density at radius 2 is 1.93 bits per heavy atom. The molecule has 2 aliphatic carbocycles. The first kappa shape index (κ1) is 8.75. The highest BCUT2D eigenvalue weighted by Crippen LogP contribution is 2.62. The van der Waals surface area contributed by atoms with Crippen LogP contribution in [0.15, 0.2) is 24.3 Å². The van der Waals surface area contributed by atoms with Crippen molar-refractivity contribution in [3.63, 3.8) is 0 Å². The van der Waals surface area contributed by atoms with Gasteiger partial charge in [0, 0.05) is 16.5 Å². The predicted molar refractivity (Wildman–Crippen MR) is 58.4 cm³/mol. The summed E-state index contributed by atoms with van der Waals surface area (Å²) < 4.78 is 0. The Morgan fingerprint density at radius 3 is 2.43 bits per heavy atom. The molecule has 0 radical (unpaired) electrons. The number of rotatable bonds is 2. The topological polar surface area (TPSA) is 26.0 Å². The maximum Gasteiger partial charge on any atom is 0.0444 e. The molecule has 0 saturated heterocycles. The van der Waals surface area contributed by atoms with Gasteiger partial charge in [-0.05, 0) is 36.8 Å².